The maximum atomic E-state index is 15.4. The molecule has 6 saturated carbocycles. The molecular weight excluding hydrogens is 1450 g/mol. The number of carboxylic acid groups (broad SMARTS) is 1. The van der Waals surface area contributed by atoms with E-state index in [1.165, 1.54) is 39.6 Å². The third-order valence-electron chi connectivity index (χ3n) is 20.3. The summed E-state index contributed by atoms with van der Waals surface area (Å²) in [5.74, 6) is -72.5. The fraction of sp³-hybridized carbons (Fsp3) is 0.565. The van der Waals surface area contributed by atoms with Crippen LogP contribution in [-0.4, -0.2) is 65.1 Å². The number of nitrogens with zero attached hydrogens (tertiary/aromatic N) is 2. The molecule has 0 bridgehead atoms. The molecule has 0 saturated heterocycles. The van der Waals surface area contributed by atoms with Crippen molar-refractivity contribution in [3.8, 4) is 0 Å². The Kier molecular flexibility index (Phi) is 31.4. The predicted octanol–water partition coefficient (Wildman–Crippen LogP) is 18.1. The van der Waals surface area contributed by atoms with E-state index in [4.69, 9.17) is 9.90 Å². The molecule has 6 fully saturated rings. The number of rotatable bonds is 11. The molecule has 540 valence electrons. The quantitative estimate of drug-likeness (QED) is 0.0435. The Morgan fingerprint density at radius 3 is 0.608 bits per heavy atom. The standard InChI is InChI=1S/C24BF20.2C18H33P.C7H10N2.C2H4O2.Pd/c26-5-1(6(27)14(35)21(42)13(5)34)25(2-7(28)15(36)22(43)16(37)8(2)29,3-9(30)17(38)23(44)18(39)10(3)31)4-11(32)19(40)24(45)20(41)12(4)33;2*1-4-10-16(11-5-1)19(17-12-6-2-7-13-17)18-14-8-3-9-15-18;1-9(2)7-3-5-8-6-4-7;1-2(3)4;/h;2*16-18H,1-15H2;3-6H,1-2H3;1H3,(H,3,4);/q-1;;;;;+2/p+1. The SMILES string of the molecule is C1CCC([PH+](C2CCCCC2)C2CCCCC2)CC1.C1CCC([PH+](C2CCCCC2)C2CCCCC2)CC1.CC(=O)[O-].CN(C)c1ccncc1.Fc1c(F)c(F)c([B-](c2c(F)c(F)c(F)c(F)c2F)(c2c(F)c(F)c(F)c(F)c2F)c2c(F)c(F)c(F)c(F)c2F)c(F)c1F.[Pd+2]. The number of aromatic nitrogens is 1. The summed E-state index contributed by atoms with van der Waals surface area (Å²) in [5.41, 5.74) is -5.78. The molecule has 0 spiro atoms. The Labute approximate surface area is 569 Å². The van der Waals surface area contributed by atoms with Crippen molar-refractivity contribution in [1.82, 2.24) is 4.98 Å². The van der Waals surface area contributed by atoms with Gasteiger partial charge in [0.15, 0.2) is 69.8 Å². The van der Waals surface area contributed by atoms with E-state index in [1.54, 1.807) is 205 Å². The van der Waals surface area contributed by atoms with Crippen LogP contribution in [0.5, 0.6) is 0 Å². The summed E-state index contributed by atoms with van der Waals surface area (Å²) in [4.78, 5) is 14.8. The molecule has 5 aromatic rings. The zero-order chi connectivity index (χ0) is 70.5. The minimum absolute atomic E-state index is 0. The van der Waals surface area contributed by atoms with Crippen LogP contribution in [0.15, 0.2) is 24.5 Å². The van der Waals surface area contributed by atoms with Crippen molar-refractivity contribution < 1.29 is 118 Å². The second-order valence-corrected chi connectivity index (χ2v) is 33.3. The first-order chi connectivity index (χ1) is 45.6. The van der Waals surface area contributed by atoms with Gasteiger partial charge in [0.05, 0.1) is 34.0 Å². The van der Waals surface area contributed by atoms with Gasteiger partial charge in [0.2, 0.25) is 0 Å². The third-order valence-corrected chi connectivity index (χ3v) is 29.5. The molecule has 6 aliphatic rings. The van der Waals surface area contributed by atoms with Gasteiger partial charge in [-0.05, 0) is 173 Å². The average molecular weight is 1530 g/mol. The van der Waals surface area contributed by atoms with Crippen molar-refractivity contribution in [2.24, 2.45) is 0 Å². The second-order valence-electron chi connectivity index (χ2n) is 26.4. The van der Waals surface area contributed by atoms with Gasteiger partial charge in [0, 0.05) is 54.0 Å². The van der Waals surface area contributed by atoms with Crippen LogP contribution in [0.25, 0.3) is 0 Å². The molecule has 4 aromatic carbocycles. The fourth-order valence-electron chi connectivity index (χ4n) is 16.1. The third kappa shape index (κ3) is 18.4. The van der Waals surface area contributed by atoms with Crippen molar-refractivity contribution in [1.29, 1.82) is 0 Å². The van der Waals surface area contributed by atoms with Crippen LogP contribution in [0, 0.1) is 116 Å². The van der Waals surface area contributed by atoms with Crippen LogP contribution < -0.4 is 31.9 Å². The first-order valence-corrected chi connectivity index (χ1v) is 36.8. The number of carbonyl (C=O) groups excluding carboxylic acids is 1. The van der Waals surface area contributed by atoms with Crippen LogP contribution in [0.1, 0.15) is 200 Å². The van der Waals surface area contributed by atoms with Crippen molar-refractivity contribution in [3.63, 3.8) is 0 Å². The molecule has 1 aromatic heterocycles. The number of halogens is 20. The van der Waals surface area contributed by atoms with Crippen molar-refractivity contribution in [3.05, 3.63) is 141 Å². The second kappa shape index (κ2) is 37.4. The summed E-state index contributed by atoms with van der Waals surface area (Å²) < 4.78 is 294. The maximum absolute atomic E-state index is 15.4. The number of carbonyl (C=O) groups is 1. The summed E-state index contributed by atoms with van der Waals surface area (Å²) in [7, 11) is 3.93. The van der Waals surface area contributed by atoms with E-state index in [0.29, 0.717) is 0 Å². The molecule has 0 unspecified atom stereocenters. The monoisotopic (exact) mass is 1530 g/mol. The van der Waals surface area contributed by atoms with E-state index in [9.17, 15) is 52.7 Å². The molecule has 0 aliphatic heterocycles. The van der Waals surface area contributed by atoms with Crippen molar-refractivity contribution >= 4 is 55.5 Å². The first kappa shape index (κ1) is 81.5. The van der Waals surface area contributed by atoms with Crippen LogP contribution in [0.3, 0.4) is 0 Å². The fourth-order valence-corrected chi connectivity index (χ4v) is 26.6. The first-order valence-electron chi connectivity index (χ1n) is 33.4. The van der Waals surface area contributed by atoms with Gasteiger partial charge in [-0.25, -0.2) is 87.8 Å². The topological polar surface area (TPSA) is 56.3 Å². The van der Waals surface area contributed by atoms with Crippen molar-refractivity contribution in [2.75, 3.05) is 19.0 Å². The Hall–Kier alpha value is -4.51. The molecule has 1 heterocycles. The summed E-state index contributed by atoms with van der Waals surface area (Å²) in [6, 6.07) is 3.94. The van der Waals surface area contributed by atoms with E-state index in [0.717, 1.165) is 6.92 Å². The van der Waals surface area contributed by atoms with Gasteiger partial charge in [-0.2, -0.15) is 0 Å². The van der Waals surface area contributed by atoms with E-state index in [2.05, 4.69) is 4.98 Å². The number of anilines is 1. The minimum atomic E-state index is -7.22. The predicted molar refractivity (Wildman–Crippen MR) is 336 cm³/mol. The van der Waals surface area contributed by atoms with Gasteiger partial charge in [-0.3, -0.25) is 4.98 Å². The molecule has 0 amide bonds. The molecular formula is C69H81BF20N2O2P2Pd+2. The molecule has 4 nitrogen and oxygen atoms in total. The molecule has 6 aliphatic carbocycles. The Balaban J connectivity index is 0.000000233. The number of benzene rings is 4. The molecule has 0 N–H and O–H groups in total. The van der Waals surface area contributed by atoms with Crippen LogP contribution in [-0.2, 0) is 25.2 Å². The molecule has 0 radical (unpaired) electrons. The van der Waals surface area contributed by atoms with Gasteiger partial charge < -0.3 is 14.8 Å². The van der Waals surface area contributed by atoms with Gasteiger partial charge in [0.25, 0.3) is 0 Å². The summed E-state index contributed by atoms with van der Waals surface area (Å²) >= 11 is 0. The van der Waals surface area contributed by atoms with Crippen LogP contribution >= 0.6 is 15.8 Å². The smallest absolute Gasteiger partial charge is 0.550 e. The number of carboxylic acids is 1. The van der Waals surface area contributed by atoms with Gasteiger partial charge in [-0.1, -0.05) is 38.5 Å². The van der Waals surface area contributed by atoms with E-state index >= 15 is 35.1 Å². The van der Waals surface area contributed by atoms with Crippen LogP contribution in [0.4, 0.5) is 93.5 Å². The normalized spacial score (nSPS) is 18.0. The Morgan fingerprint density at radius 1 is 0.330 bits per heavy atom. The van der Waals surface area contributed by atoms with Gasteiger partial charge in [-0.15, -0.1) is 21.9 Å². The largest absolute Gasteiger partial charge is 2.00 e. The minimum Gasteiger partial charge on any atom is -0.550 e. The van der Waals surface area contributed by atoms with Crippen LogP contribution in [0.2, 0.25) is 0 Å². The molecule has 28 heteroatoms. The van der Waals surface area contributed by atoms with Gasteiger partial charge >= 0.3 is 20.4 Å². The number of pyridine rings is 1. The number of hydrogen-bond donors (Lipinski definition) is 0. The van der Waals surface area contributed by atoms with Gasteiger partial charge in [0.1, 0.15) is 52.7 Å². The Bertz CT molecular complexity index is 2890. The zero-order valence-electron chi connectivity index (χ0n) is 54.2. The van der Waals surface area contributed by atoms with E-state index < -0.39 is 150 Å². The molecule has 97 heavy (non-hydrogen) atoms. The zero-order valence-corrected chi connectivity index (χ0v) is 57.7. The van der Waals surface area contributed by atoms with E-state index in [-0.39, 0.29) is 36.3 Å². The summed E-state index contributed by atoms with van der Waals surface area (Å²) in [5, 5.41) is 8.89. The molecule has 11 rings (SSSR count). The average Bonchev–Trinajstić information content (AvgIpc) is 0.682. The number of aliphatic carboxylic acids is 1. The Morgan fingerprint density at radius 2 is 0.474 bits per heavy atom. The summed E-state index contributed by atoms with van der Waals surface area (Å²) in [6.07, 6.45) is 43.9. The molecule has 0 atom stereocenters. The number of hydrogen-bond acceptors (Lipinski definition) is 4. The van der Waals surface area contributed by atoms with E-state index in [1.807, 2.05) is 31.1 Å². The van der Waals surface area contributed by atoms with Crippen molar-refractivity contribution in [2.45, 2.75) is 234 Å². The summed E-state index contributed by atoms with van der Waals surface area (Å²) in [6.45, 7) is 0.972. The maximum Gasteiger partial charge on any atom is 2.00 e.